The number of unbranched alkanes of at least 4 members (excludes halogenated alkanes) is 1. The second-order valence-corrected chi connectivity index (χ2v) is 8.51. The Morgan fingerprint density at radius 3 is 2.79 bits per heavy atom. The van der Waals surface area contributed by atoms with Gasteiger partial charge in [-0.25, -0.2) is 4.79 Å². The van der Waals surface area contributed by atoms with Crippen molar-refractivity contribution in [3.05, 3.63) is 24.2 Å². The van der Waals surface area contributed by atoms with E-state index in [9.17, 15) is 14.4 Å². The number of imide groups is 1. The summed E-state index contributed by atoms with van der Waals surface area (Å²) in [5, 5.41) is 9.42. The van der Waals surface area contributed by atoms with Gasteiger partial charge in [-0.05, 0) is 18.6 Å². The van der Waals surface area contributed by atoms with Gasteiger partial charge in [-0.1, -0.05) is 19.8 Å². The number of carbonyl (C=O) groups excluding carboxylic acids is 3. The highest BCUT2D eigenvalue weighted by Crippen LogP contribution is 2.31. The number of hydrogen-bond acceptors (Lipinski definition) is 7. The smallest absolute Gasteiger partial charge is 0.327 e. The van der Waals surface area contributed by atoms with Crippen LogP contribution in [0.4, 0.5) is 4.79 Å². The fourth-order valence-electron chi connectivity index (χ4n) is 3.66. The molecule has 1 aromatic heterocycles. The van der Waals surface area contributed by atoms with Crippen LogP contribution in [0, 0.1) is 5.92 Å². The third-order valence-electron chi connectivity index (χ3n) is 5.31. The van der Waals surface area contributed by atoms with Crippen LogP contribution in [0.3, 0.4) is 0 Å². The van der Waals surface area contributed by atoms with Crippen LogP contribution in [-0.2, 0) is 16.1 Å². The summed E-state index contributed by atoms with van der Waals surface area (Å²) in [4.78, 5) is 40.2. The molecular weight excluding hydrogens is 394 g/mol. The molecule has 0 saturated carbocycles. The number of amides is 4. The van der Waals surface area contributed by atoms with E-state index in [4.69, 9.17) is 4.42 Å². The zero-order valence-electron chi connectivity index (χ0n) is 17.0. The number of nitrogens with one attached hydrogen (secondary N) is 3. The highest BCUT2D eigenvalue weighted by molar-refractivity contribution is 8.00. The van der Waals surface area contributed by atoms with Gasteiger partial charge in [0.1, 0.15) is 5.76 Å². The molecule has 2 saturated heterocycles. The summed E-state index contributed by atoms with van der Waals surface area (Å²) in [6.45, 7) is 2.45. The summed E-state index contributed by atoms with van der Waals surface area (Å²) in [7, 11) is 3.20. The van der Waals surface area contributed by atoms with Gasteiger partial charge in [0.2, 0.25) is 11.8 Å². The van der Waals surface area contributed by atoms with Crippen LogP contribution >= 0.6 is 11.8 Å². The molecule has 0 aliphatic carbocycles. The molecule has 4 amide bonds. The van der Waals surface area contributed by atoms with E-state index < -0.39 is 12.1 Å². The van der Waals surface area contributed by atoms with E-state index in [1.165, 1.54) is 18.8 Å². The maximum absolute atomic E-state index is 12.8. The van der Waals surface area contributed by atoms with Crippen molar-refractivity contribution < 1.29 is 18.8 Å². The third kappa shape index (κ3) is 4.93. The lowest BCUT2D eigenvalue weighted by Gasteiger charge is -2.50. The Kier molecular flexibility index (Phi) is 7.20. The first-order chi connectivity index (χ1) is 13.9. The van der Waals surface area contributed by atoms with Gasteiger partial charge in [-0.3, -0.25) is 25.1 Å². The minimum absolute atomic E-state index is 0.0219. The molecule has 0 spiro atoms. The van der Waals surface area contributed by atoms with Crippen molar-refractivity contribution >= 4 is 29.6 Å². The normalized spacial score (nSPS) is 27.1. The maximum Gasteiger partial charge on any atom is 0.327 e. The van der Waals surface area contributed by atoms with Gasteiger partial charge < -0.3 is 14.6 Å². The van der Waals surface area contributed by atoms with Crippen molar-refractivity contribution in [2.45, 2.75) is 50.4 Å². The van der Waals surface area contributed by atoms with Gasteiger partial charge in [0.25, 0.3) is 0 Å². The summed E-state index contributed by atoms with van der Waals surface area (Å²) in [5.74, 6) is 0.0576. The third-order valence-corrected chi connectivity index (χ3v) is 6.52. The molecule has 29 heavy (non-hydrogen) atoms. The van der Waals surface area contributed by atoms with E-state index in [0.29, 0.717) is 12.3 Å². The zero-order chi connectivity index (χ0) is 21.0. The standard InChI is InChI=1S/C19H29N5O4S/c1-4-5-8-13-21-16-15(18(26)24(3)19(27)23(16)2)17(22-13)29-11-14(25)20-10-12-7-6-9-28-12/h6-7,9,13,15-17,21-22H,4-5,8,10-11H2,1-3H3,(H,20,25). The molecule has 4 atom stereocenters. The van der Waals surface area contributed by atoms with Crippen molar-refractivity contribution in [3.8, 4) is 0 Å². The van der Waals surface area contributed by atoms with E-state index in [0.717, 1.165) is 24.2 Å². The molecular formula is C19H29N5O4S. The average molecular weight is 424 g/mol. The molecule has 0 aromatic carbocycles. The highest BCUT2D eigenvalue weighted by Gasteiger charge is 2.50. The highest BCUT2D eigenvalue weighted by atomic mass is 32.2. The summed E-state index contributed by atoms with van der Waals surface area (Å²) >= 11 is 1.40. The topological polar surface area (TPSA) is 107 Å². The van der Waals surface area contributed by atoms with Crippen LogP contribution in [0.25, 0.3) is 0 Å². The van der Waals surface area contributed by atoms with E-state index >= 15 is 0 Å². The van der Waals surface area contributed by atoms with Crippen molar-refractivity contribution in [2.24, 2.45) is 5.92 Å². The van der Waals surface area contributed by atoms with Crippen LogP contribution in [-0.4, -0.2) is 65.2 Å². The molecule has 9 nitrogen and oxygen atoms in total. The van der Waals surface area contributed by atoms with Crippen LogP contribution in [0.1, 0.15) is 31.9 Å². The number of fused-ring (bicyclic) bond motifs is 1. The summed E-state index contributed by atoms with van der Waals surface area (Å²) in [6, 6.07) is 3.25. The summed E-state index contributed by atoms with van der Waals surface area (Å²) in [6.07, 6.45) is 4.11. The Hall–Kier alpha value is -2.04. The Labute approximate surface area is 174 Å². The molecule has 1 aromatic rings. The first kappa shape index (κ1) is 21.7. The van der Waals surface area contributed by atoms with E-state index in [1.54, 1.807) is 30.3 Å². The number of urea groups is 1. The Bertz CT molecular complexity index is 728. The SMILES string of the molecule is CCCCC1NC(SCC(=O)NCc2ccco2)C2C(=O)N(C)C(=O)N(C)C2N1. The van der Waals surface area contributed by atoms with Crippen molar-refractivity contribution in [1.29, 1.82) is 0 Å². The van der Waals surface area contributed by atoms with Gasteiger partial charge >= 0.3 is 6.03 Å². The number of rotatable bonds is 8. The second kappa shape index (κ2) is 9.64. The van der Waals surface area contributed by atoms with Crippen LogP contribution in [0.2, 0.25) is 0 Å². The number of carbonyl (C=O) groups is 3. The van der Waals surface area contributed by atoms with Crippen LogP contribution in [0.5, 0.6) is 0 Å². The molecule has 2 aliphatic heterocycles. The van der Waals surface area contributed by atoms with Crippen molar-refractivity contribution in [1.82, 2.24) is 25.8 Å². The van der Waals surface area contributed by atoms with Gasteiger partial charge in [-0.2, -0.15) is 0 Å². The van der Waals surface area contributed by atoms with Gasteiger partial charge in [0.15, 0.2) is 0 Å². The van der Waals surface area contributed by atoms with Gasteiger partial charge in [0.05, 0.1) is 42.2 Å². The molecule has 4 unspecified atom stereocenters. The number of furan rings is 1. The molecule has 10 heteroatoms. The minimum Gasteiger partial charge on any atom is -0.467 e. The monoisotopic (exact) mass is 423 g/mol. The van der Waals surface area contributed by atoms with E-state index in [-0.39, 0.29) is 35.1 Å². The Morgan fingerprint density at radius 1 is 1.31 bits per heavy atom. The van der Waals surface area contributed by atoms with Gasteiger partial charge in [0, 0.05) is 14.1 Å². The largest absolute Gasteiger partial charge is 0.467 e. The molecule has 0 bridgehead atoms. The molecule has 0 radical (unpaired) electrons. The lowest BCUT2D eigenvalue weighted by Crippen LogP contribution is -2.74. The van der Waals surface area contributed by atoms with Crippen LogP contribution < -0.4 is 16.0 Å². The second-order valence-electron chi connectivity index (χ2n) is 7.38. The molecule has 3 heterocycles. The predicted molar refractivity (Wildman–Crippen MR) is 110 cm³/mol. The average Bonchev–Trinajstić information content (AvgIpc) is 3.25. The number of hydrogen-bond donors (Lipinski definition) is 3. The van der Waals surface area contributed by atoms with E-state index in [1.807, 2.05) is 0 Å². The zero-order valence-corrected chi connectivity index (χ0v) is 17.8. The molecule has 3 rings (SSSR count). The number of thioether (sulfide) groups is 1. The number of nitrogens with zero attached hydrogens (tertiary/aromatic N) is 2. The molecule has 2 aliphatic rings. The Balaban J connectivity index is 1.65. The van der Waals surface area contributed by atoms with Gasteiger partial charge in [-0.15, -0.1) is 11.8 Å². The molecule has 3 N–H and O–H groups in total. The fraction of sp³-hybridized carbons (Fsp3) is 0.632. The quantitative estimate of drug-likeness (QED) is 0.575. The summed E-state index contributed by atoms with van der Waals surface area (Å²) < 4.78 is 5.22. The van der Waals surface area contributed by atoms with Crippen LogP contribution in [0.15, 0.2) is 22.8 Å². The first-order valence-corrected chi connectivity index (χ1v) is 10.9. The Morgan fingerprint density at radius 2 is 2.10 bits per heavy atom. The lowest BCUT2D eigenvalue weighted by atomic mass is 9.96. The molecule has 2 fully saturated rings. The predicted octanol–water partition coefficient (Wildman–Crippen LogP) is 1.13. The van der Waals surface area contributed by atoms with Crippen molar-refractivity contribution in [3.63, 3.8) is 0 Å². The minimum atomic E-state index is -0.469. The summed E-state index contributed by atoms with van der Waals surface area (Å²) in [5.41, 5.74) is 0. The fourth-order valence-corrected chi connectivity index (χ4v) is 4.82. The van der Waals surface area contributed by atoms with E-state index in [2.05, 4.69) is 22.9 Å². The maximum atomic E-state index is 12.8. The first-order valence-electron chi connectivity index (χ1n) is 9.89. The van der Waals surface area contributed by atoms with Crippen molar-refractivity contribution in [2.75, 3.05) is 19.8 Å². The lowest BCUT2D eigenvalue weighted by molar-refractivity contribution is -0.140. The molecule has 160 valence electrons.